The molecule has 0 aromatic heterocycles. The Kier molecular flexibility index (Phi) is 5.34. The van der Waals surface area contributed by atoms with Gasteiger partial charge in [0.15, 0.2) is 9.84 Å². The van der Waals surface area contributed by atoms with Crippen molar-refractivity contribution in [2.45, 2.75) is 23.8 Å². The Bertz CT molecular complexity index is 511. The van der Waals surface area contributed by atoms with Gasteiger partial charge in [-0.15, -0.1) is 0 Å². The predicted molar refractivity (Wildman–Crippen MR) is 75.2 cm³/mol. The van der Waals surface area contributed by atoms with Crippen molar-refractivity contribution in [3.63, 3.8) is 0 Å². The molecule has 0 heterocycles. The molecule has 0 bridgehead atoms. The van der Waals surface area contributed by atoms with Crippen LogP contribution in [0, 0.1) is 0 Å². The van der Waals surface area contributed by atoms with E-state index in [0.717, 1.165) is 6.26 Å². The fourth-order valence-electron chi connectivity index (χ4n) is 1.63. The van der Waals surface area contributed by atoms with Crippen molar-refractivity contribution >= 4 is 15.5 Å². The van der Waals surface area contributed by atoms with E-state index in [-0.39, 0.29) is 11.4 Å². The molecule has 1 aromatic carbocycles. The summed E-state index contributed by atoms with van der Waals surface area (Å²) in [6.07, 6.45) is 1.63. The van der Waals surface area contributed by atoms with Crippen LogP contribution in [0.2, 0.25) is 0 Å². The highest BCUT2D eigenvalue weighted by Gasteiger charge is 2.21. The molecule has 1 aromatic rings. The molecule has 6 heteroatoms. The van der Waals surface area contributed by atoms with Gasteiger partial charge in [0.05, 0.1) is 16.2 Å². The number of ether oxygens (including phenoxy) is 1. The van der Waals surface area contributed by atoms with Crippen molar-refractivity contribution in [3.05, 3.63) is 24.3 Å². The van der Waals surface area contributed by atoms with Gasteiger partial charge in [0.1, 0.15) is 0 Å². The highest BCUT2D eigenvalue weighted by Crippen LogP contribution is 2.21. The van der Waals surface area contributed by atoms with Crippen LogP contribution >= 0.6 is 0 Å². The van der Waals surface area contributed by atoms with Crippen LogP contribution in [0.1, 0.15) is 13.3 Å². The average Bonchev–Trinajstić information content (AvgIpc) is 2.33. The van der Waals surface area contributed by atoms with E-state index < -0.39 is 15.4 Å². The van der Waals surface area contributed by atoms with E-state index >= 15 is 0 Å². The zero-order chi connectivity index (χ0) is 14.5. The van der Waals surface area contributed by atoms with E-state index in [1.54, 1.807) is 38.3 Å². The summed E-state index contributed by atoms with van der Waals surface area (Å²) in [6.45, 7) is 2.38. The molecule has 1 rings (SSSR count). The molecular weight excluding hydrogens is 266 g/mol. The molecule has 19 heavy (non-hydrogen) atoms. The van der Waals surface area contributed by atoms with Crippen LogP contribution in [0.3, 0.4) is 0 Å². The van der Waals surface area contributed by atoms with E-state index in [2.05, 4.69) is 5.32 Å². The first kappa shape index (κ1) is 15.9. The number of rotatable bonds is 7. The number of aliphatic hydroxyl groups is 1. The van der Waals surface area contributed by atoms with Crippen molar-refractivity contribution in [2.75, 3.05) is 31.8 Å². The summed E-state index contributed by atoms with van der Waals surface area (Å²) in [6, 6.07) is 6.65. The number of sulfone groups is 1. The lowest BCUT2D eigenvalue weighted by Crippen LogP contribution is -2.34. The quantitative estimate of drug-likeness (QED) is 0.790. The Morgan fingerprint density at radius 3 is 2.58 bits per heavy atom. The highest BCUT2D eigenvalue weighted by molar-refractivity contribution is 7.90. The Morgan fingerprint density at radius 1 is 1.37 bits per heavy atom. The normalized spacial score (nSPS) is 14.9. The maximum Gasteiger partial charge on any atom is 0.177 e. The summed E-state index contributed by atoms with van der Waals surface area (Å²) in [5.41, 5.74) is -0.455. The van der Waals surface area contributed by atoms with E-state index in [9.17, 15) is 13.5 Å². The molecule has 0 aliphatic heterocycles. The van der Waals surface area contributed by atoms with Gasteiger partial charge < -0.3 is 15.2 Å². The van der Waals surface area contributed by atoms with Crippen molar-refractivity contribution in [1.82, 2.24) is 0 Å². The number of hydrogen-bond acceptors (Lipinski definition) is 5. The number of para-hydroxylation sites is 1. The predicted octanol–water partition coefficient (Wildman–Crippen LogP) is 1.29. The fraction of sp³-hybridized carbons (Fsp3) is 0.538. The number of benzene rings is 1. The molecular formula is C13H21NO4S. The maximum absolute atomic E-state index is 11.6. The molecule has 0 saturated carbocycles. The van der Waals surface area contributed by atoms with Gasteiger partial charge in [0.25, 0.3) is 0 Å². The minimum atomic E-state index is -3.29. The molecule has 1 atom stereocenters. The Balaban J connectivity index is 2.79. The second-order valence-corrected chi connectivity index (χ2v) is 6.85. The first-order valence-electron chi connectivity index (χ1n) is 6.00. The Hall–Kier alpha value is -1.11. The molecule has 1 unspecified atom stereocenters. The van der Waals surface area contributed by atoms with Crippen LogP contribution < -0.4 is 5.32 Å². The van der Waals surface area contributed by atoms with Crippen LogP contribution in [0.4, 0.5) is 5.69 Å². The molecule has 0 saturated heterocycles. The van der Waals surface area contributed by atoms with E-state index in [0.29, 0.717) is 18.7 Å². The maximum atomic E-state index is 11.6. The molecule has 2 N–H and O–H groups in total. The largest absolute Gasteiger partial charge is 0.388 e. The summed E-state index contributed by atoms with van der Waals surface area (Å²) in [4.78, 5) is 0.234. The van der Waals surface area contributed by atoms with E-state index in [1.165, 1.54) is 0 Å². The average molecular weight is 287 g/mol. The SMILES string of the molecule is COCCC(C)(O)CNc1ccccc1S(C)(=O)=O. The Labute approximate surface area is 114 Å². The lowest BCUT2D eigenvalue weighted by Gasteiger charge is -2.24. The first-order chi connectivity index (χ1) is 8.76. The first-order valence-corrected chi connectivity index (χ1v) is 7.90. The zero-order valence-electron chi connectivity index (χ0n) is 11.5. The van der Waals surface area contributed by atoms with Crippen molar-refractivity contribution in [3.8, 4) is 0 Å². The van der Waals surface area contributed by atoms with Crippen LogP contribution in [-0.4, -0.2) is 45.6 Å². The molecule has 5 nitrogen and oxygen atoms in total. The number of hydrogen-bond donors (Lipinski definition) is 2. The van der Waals surface area contributed by atoms with Gasteiger partial charge in [-0.05, 0) is 19.1 Å². The number of nitrogens with one attached hydrogen (secondary N) is 1. The van der Waals surface area contributed by atoms with Crippen LogP contribution in [0.15, 0.2) is 29.2 Å². The van der Waals surface area contributed by atoms with Gasteiger partial charge in [-0.3, -0.25) is 0 Å². The molecule has 0 spiro atoms. The highest BCUT2D eigenvalue weighted by atomic mass is 32.2. The second kappa shape index (κ2) is 6.36. The summed E-state index contributed by atoms with van der Waals surface area (Å²) < 4.78 is 28.2. The minimum absolute atomic E-state index is 0.234. The third-order valence-corrected chi connectivity index (χ3v) is 3.95. The topological polar surface area (TPSA) is 75.6 Å². The van der Waals surface area contributed by atoms with E-state index in [1.807, 2.05) is 0 Å². The van der Waals surface area contributed by atoms with Crippen LogP contribution in [0.5, 0.6) is 0 Å². The third-order valence-electron chi connectivity index (χ3n) is 2.79. The minimum Gasteiger partial charge on any atom is -0.388 e. The van der Waals surface area contributed by atoms with Crippen molar-refractivity contribution in [2.24, 2.45) is 0 Å². The standard InChI is InChI=1S/C13H21NO4S/c1-13(15,8-9-18-2)10-14-11-6-4-5-7-12(11)19(3,16)17/h4-7,14-15H,8-10H2,1-3H3. The van der Waals surface area contributed by atoms with Gasteiger partial charge in [0.2, 0.25) is 0 Å². The second-order valence-electron chi connectivity index (χ2n) is 4.86. The zero-order valence-corrected chi connectivity index (χ0v) is 12.3. The third kappa shape index (κ3) is 5.18. The van der Waals surface area contributed by atoms with Gasteiger partial charge in [-0.25, -0.2) is 8.42 Å². The lowest BCUT2D eigenvalue weighted by molar-refractivity contribution is 0.0357. The summed E-state index contributed by atoms with van der Waals surface area (Å²) in [5, 5.41) is 13.1. The monoisotopic (exact) mass is 287 g/mol. The van der Waals surface area contributed by atoms with Gasteiger partial charge >= 0.3 is 0 Å². The van der Waals surface area contributed by atoms with E-state index in [4.69, 9.17) is 4.74 Å². The molecule has 0 aliphatic rings. The molecule has 0 radical (unpaired) electrons. The summed E-state index contributed by atoms with van der Waals surface area (Å²) in [5.74, 6) is 0. The molecule has 108 valence electrons. The smallest absolute Gasteiger partial charge is 0.177 e. The Morgan fingerprint density at radius 2 is 2.00 bits per heavy atom. The lowest BCUT2D eigenvalue weighted by atomic mass is 10.0. The molecule has 0 amide bonds. The summed E-state index contributed by atoms with van der Waals surface area (Å²) >= 11 is 0. The van der Waals surface area contributed by atoms with Crippen molar-refractivity contribution in [1.29, 1.82) is 0 Å². The van der Waals surface area contributed by atoms with Gasteiger partial charge in [0, 0.05) is 32.9 Å². The fourth-order valence-corrected chi connectivity index (χ4v) is 2.50. The van der Waals surface area contributed by atoms with Crippen LogP contribution in [0.25, 0.3) is 0 Å². The van der Waals surface area contributed by atoms with Crippen molar-refractivity contribution < 1.29 is 18.3 Å². The van der Waals surface area contributed by atoms with Gasteiger partial charge in [-0.2, -0.15) is 0 Å². The summed E-state index contributed by atoms with van der Waals surface area (Å²) in [7, 11) is -1.72. The van der Waals surface area contributed by atoms with Crippen LogP contribution in [-0.2, 0) is 14.6 Å². The number of anilines is 1. The molecule has 0 fully saturated rings. The van der Waals surface area contributed by atoms with Gasteiger partial charge in [-0.1, -0.05) is 12.1 Å². The molecule has 0 aliphatic carbocycles. The number of methoxy groups -OCH3 is 1.